The number of hydrogen-bond donors (Lipinski definition) is 0. The lowest BCUT2D eigenvalue weighted by Crippen LogP contribution is -2.26. The Morgan fingerprint density at radius 1 is 0.585 bits per heavy atom. The Kier molecular flexibility index (Phi) is 5.20. The molecule has 4 aromatic rings. The summed E-state index contributed by atoms with van der Waals surface area (Å²) in [7, 11) is 0. The zero-order valence-electron chi connectivity index (χ0n) is 30.4. The molecule has 0 fully saturated rings. The van der Waals surface area contributed by atoms with Crippen molar-refractivity contribution < 1.29 is 8.22 Å². The third kappa shape index (κ3) is 4.65. The van der Waals surface area contributed by atoms with Crippen LogP contribution in [-0.2, 0) is 0 Å². The monoisotopic (exact) mass is 554 g/mol. The van der Waals surface area contributed by atoms with Gasteiger partial charge in [-0.2, -0.15) is 0 Å². The van der Waals surface area contributed by atoms with E-state index in [0.717, 1.165) is 11.1 Å². The van der Waals surface area contributed by atoms with Crippen molar-refractivity contribution in [3.05, 3.63) is 71.8 Å². The summed E-state index contributed by atoms with van der Waals surface area (Å²) in [6.07, 6.45) is 6.09. The van der Waals surface area contributed by atoms with Gasteiger partial charge >= 0.3 is 0 Å². The molecule has 41 heavy (non-hydrogen) atoms. The van der Waals surface area contributed by atoms with Gasteiger partial charge in [-0.1, -0.05) is 53.7 Å². The van der Waals surface area contributed by atoms with E-state index in [9.17, 15) is 0 Å². The maximum Gasteiger partial charge on any atom is 0.178 e. The Morgan fingerprint density at radius 3 is 1.41 bits per heavy atom. The van der Waals surface area contributed by atoms with Crippen LogP contribution in [0.15, 0.2) is 55.1 Å². The Bertz CT molecular complexity index is 1680. The molecule has 0 amide bonds. The van der Waals surface area contributed by atoms with Crippen LogP contribution in [0, 0.1) is 0 Å². The molecule has 2 aliphatic rings. The second-order valence-corrected chi connectivity index (χ2v) is 11.7. The minimum atomic E-state index is -2.44. The molecule has 0 unspecified atom stereocenters. The summed E-state index contributed by atoms with van der Waals surface area (Å²) >= 11 is 0. The van der Waals surface area contributed by atoms with E-state index in [1.54, 1.807) is 12.4 Å². The molecule has 0 N–H and O–H groups in total. The van der Waals surface area contributed by atoms with Gasteiger partial charge in [0.1, 0.15) is 0 Å². The van der Waals surface area contributed by atoms with Gasteiger partial charge in [0.2, 0.25) is 0 Å². The predicted molar refractivity (Wildman–Crippen MR) is 169 cm³/mol. The molecule has 0 atom stereocenters. The van der Waals surface area contributed by atoms with Crippen molar-refractivity contribution in [1.82, 2.24) is 19.9 Å². The molecule has 0 spiro atoms. The van der Waals surface area contributed by atoms with Gasteiger partial charge in [-0.3, -0.25) is 0 Å². The highest BCUT2D eigenvalue weighted by Crippen LogP contribution is 2.46. The first kappa shape index (κ1) is 20.6. The maximum atomic E-state index is 8.22. The summed E-state index contributed by atoms with van der Waals surface area (Å²) in [5.74, 6) is 2.18. The van der Waals surface area contributed by atoms with E-state index in [2.05, 4.69) is 85.7 Å². The summed E-state index contributed by atoms with van der Waals surface area (Å²) in [4.78, 5) is 24.2. The number of nitrogens with zero attached hydrogens (tertiary/aromatic N) is 8. The summed E-state index contributed by atoms with van der Waals surface area (Å²) in [5.41, 5.74) is 7.11. The number of benzene rings is 2. The summed E-state index contributed by atoms with van der Waals surface area (Å²) in [5, 5.41) is 0. The normalized spacial score (nSPS) is 17.4. The third-order valence-corrected chi connectivity index (χ3v) is 7.86. The van der Waals surface area contributed by atoms with E-state index in [1.807, 2.05) is 15.9 Å². The van der Waals surface area contributed by atoms with Gasteiger partial charge < -0.3 is 19.6 Å². The highest BCUT2D eigenvalue weighted by atomic mass is 15.4. The van der Waals surface area contributed by atoms with Crippen LogP contribution in [0.25, 0.3) is 11.1 Å². The summed E-state index contributed by atoms with van der Waals surface area (Å²) < 4.78 is 49.3. The smallest absolute Gasteiger partial charge is 0.178 e. The molecular weight excluding hydrogens is 508 g/mol. The fraction of sp³-hybridized carbons (Fsp3) is 0.394. The molecule has 2 aromatic carbocycles. The van der Waals surface area contributed by atoms with Crippen molar-refractivity contribution in [2.75, 3.05) is 46.9 Å². The molecule has 2 aromatic heterocycles. The van der Waals surface area contributed by atoms with Gasteiger partial charge in [0.25, 0.3) is 0 Å². The molecule has 4 heterocycles. The van der Waals surface area contributed by atoms with E-state index >= 15 is 0 Å². The van der Waals surface area contributed by atoms with E-state index < -0.39 is 14.0 Å². The van der Waals surface area contributed by atoms with Crippen molar-refractivity contribution in [3.63, 3.8) is 0 Å². The third-order valence-electron chi connectivity index (χ3n) is 7.86. The molecule has 212 valence electrons. The van der Waals surface area contributed by atoms with Crippen molar-refractivity contribution in [3.8, 4) is 11.1 Å². The number of hydrogen-bond acceptors (Lipinski definition) is 8. The first-order valence-corrected chi connectivity index (χ1v) is 14.1. The van der Waals surface area contributed by atoms with Crippen molar-refractivity contribution >= 4 is 34.6 Å². The maximum absolute atomic E-state index is 8.22. The van der Waals surface area contributed by atoms with Gasteiger partial charge in [-0.25, -0.2) is 19.9 Å². The van der Waals surface area contributed by atoms with Crippen LogP contribution in [0.1, 0.15) is 84.2 Å². The fourth-order valence-corrected chi connectivity index (χ4v) is 5.71. The molecule has 0 bridgehead atoms. The van der Waals surface area contributed by atoms with Gasteiger partial charge in [0, 0.05) is 58.3 Å². The van der Waals surface area contributed by atoms with Crippen molar-refractivity contribution in [1.29, 1.82) is 0 Å². The average molecular weight is 555 g/mol. The van der Waals surface area contributed by atoms with Gasteiger partial charge in [0.15, 0.2) is 23.3 Å². The number of aromatic nitrogens is 4. The Hall–Kier alpha value is -4.20. The summed E-state index contributed by atoms with van der Waals surface area (Å²) in [6.45, 7) is 8.32. The highest BCUT2D eigenvalue weighted by molar-refractivity contribution is 5.87. The van der Waals surface area contributed by atoms with E-state index in [-0.39, 0.29) is 36.8 Å². The van der Waals surface area contributed by atoms with Gasteiger partial charge in [-0.15, -0.1) is 0 Å². The molecular formula is C33H40N8. The van der Waals surface area contributed by atoms with Crippen LogP contribution in [0.3, 0.4) is 0 Å². The van der Waals surface area contributed by atoms with Crippen LogP contribution in [0.2, 0.25) is 0 Å². The minimum Gasteiger partial charge on any atom is -0.338 e. The van der Waals surface area contributed by atoms with Crippen LogP contribution in [-0.4, -0.2) is 47.2 Å². The predicted octanol–water partition coefficient (Wildman–Crippen LogP) is 7.39. The summed E-state index contributed by atoms with van der Waals surface area (Å²) in [6, 6.07) is 10.7. The fourth-order valence-electron chi connectivity index (χ4n) is 5.71. The molecule has 0 saturated heterocycles. The van der Waals surface area contributed by atoms with E-state index in [0.29, 0.717) is 28.9 Å². The van der Waals surface area contributed by atoms with Crippen LogP contribution >= 0.6 is 0 Å². The lowest BCUT2D eigenvalue weighted by molar-refractivity contribution is 0.807. The molecule has 8 nitrogen and oxygen atoms in total. The van der Waals surface area contributed by atoms with Crippen LogP contribution in [0.5, 0.6) is 0 Å². The second kappa shape index (κ2) is 10.3. The first-order valence-electron chi connectivity index (χ1n) is 17.1. The van der Waals surface area contributed by atoms with Gasteiger partial charge in [-0.05, 0) is 63.8 Å². The molecule has 6 rings (SSSR count). The van der Waals surface area contributed by atoms with Crippen molar-refractivity contribution in [2.24, 2.45) is 0 Å². The number of fused-ring (bicyclic) bond motifs is 2. The topological polar surface area (TPSA) is 64.5 Å². The largest absolute Gasteiger partial charge is 0.338 e. The van der Waals surface area contributed by atoms with Crippen molar-refractivity contribution in [2.45, 2.75) is 59.3 Å². The van der Waals surface area contributed by atoms with Crippen LogP contribution < -0.4 is 19.6 Å². The van der Waals surface area contributed by atoms with E-state index in [4.69, 9.17) is 8.22 Å². The average Bonchev–Trinajstić information content (AvgIpc) is 3.60. The zero-order chi connectivity index (χ0) is 34.0. The van der Waals surface area contributed by atoms with Crippen LogP contribution in [0.4, 0.5) is 34.6 Å². The zero-order valence-corrected chi connectivity index (χ0v) is 24.4. The Morgan fingerprint density at radius 2 is 1.02 bits per heavy atom. The SMILES string of the molecule is [2H]C([2H])([2H])N1CN(c2cc(-c3c(C(C)C)cc(C(C)C)cc3C(C)C)cc(N3CN(C([2H])([2H])[2H])c4nccnc43)c2)c2nccnc21. The number of anilines is 6. The van der Waals surface area contributed by atoms with Gasteiger partial charge in [0.05, 0.1) is 13.3 Å². The standard InChI is InChI=1S/C33H40N8/c1-20(2)23-15-27(21(3)4)29(28(16-23)22(5)6)24-13-25(40-18-38(7)30-32(40)36-11-9-34-30)17-26(14-24)41-19-39(8)31-33(41)37-12-10-35-31/h9-17,20-22H,18-19H2,1-8H3/i7D3,8D3. The number of rotatable bonds is 6. The lowest BCUT2D eigenvalue weighted by atomic mass is 9.81. The molecule has 0 saturated carbocycles. The Balaban J connectivity index is 1.62. The molecule has 8 heteroatoms. The Labute approximate surface area is 252 Å². The molecule has 0 aliphatic carbocycles. The minimum absolute atomic E-state index is 0.0108. The first-order chi connectivity index (χ1) is 22.1. The lowest BCUT2D eigenvalue weighted by Gasteiger charge is -2.27. The molecule has 0 radical (unpaired) electrons. The highest BCUT2D eigenvalue weighted by Gasteiger charge is 2.31. The quantitative estimate of drug-likeness (QED) is 0.244. The van der Waals surface area contributed by atoms with E-state index in [1.165, 1.54) is 38.9 Å². The second-order valence-electron chi connectivity index (χ2n) is 11.7. The molecule has 2 aliphatic heterocycles.